The van der Waals surface area contributed by atoms with Gasteiger partial charge in [-0.1, -0.05) is 16.4 Å². The minimum Gasteiger partial charge on any atom is -0.497 e. The fraction of sp³-hybridized carbons (Fsp3) is 0.273. The monoisotopic (exact) mass is 466 g/mol. The van der Waals surface area contributed by atoms with Gasteiger partial charge in [0, 0.05) is 6.07 Å². The first kappa shape index (κ1) is 21.5. The van der Waals surface area contributed by atoms with Gasteiger partial charge < -0.3 is 14.0 Å². The average molecular weight is 466 g/mol. The average Bonchev–Trinajstić information content (AvgIpc) is 3.53. The summed E-state index contributed by atoms with van der Waals surface area (Å²) in [4.78, 5) is 31.2. The second-order valence-electron chi connectivity index (χ2n) is 7.72. The van der Waals surface area contributed by atoms with Crippen molar-refractivity contribution in [3.63, 3.8) is 0 Å². The minimum absolute atomic E-state index is 0.0503. The molecule has 1 fully saturated rings. The van der Waals surface area contributed by atoms with E-state index in [9.17, 15) is 14.0 Å². The van der Waals surface area contributed by atoms with E-state index in [1.54, 1.807) is 32.2 Å². The van der Waals surface area contributed by atoms with Gasteiger partial charge in [0.25, 0.3) is 11.8 Å². The minimum atomic E-state index is -1.03. The molecule has 3 heterocycles. The molecule has 0 spiro atoms. The van der Waals surface area contributed by atoms with Crippen molar-refractivity contribution in [2.24, 2.45) is 10.3 Å². The standard InChI is InChI=1S/C22H19FN6O5/c1-11-4-5-12(8-15(11)23)29-21(30)18-19(22(29)31)28(27-25-18)10-17-24-20(26-34-17)14-7-6-13(32-2)9-16(14)33-3/h4-9,18-19H,10H2,1-3H3/t18-,19+/m0/s1. The number of benzene rings is 2. The molecule has 2 amide bonds. The zero-order valence-corrected chi connectivity index (χ0v) is 18.4. The van der Waals surface area contributed by atoms with Crippen LogP contribution in [0.15, 0.2) is 51.3 Å². The van der Waals surface area contributed by atoms with Gasteiger partial charge in [0.1, 0.15) is 23.9 Å². The Hall–Kier alpha value is -4.35. The fourth-order valence-corrected chi connectivity index (χ4v) is 3.88. The maximum absolute atomic E-state index is 14.0. The molecule has 0 saturated carbocycles. The lowest BCUT2D eigenvalue weighted by molar-refractivity contribution is -0.123. The van der Waals surface area contributed by atoms with Crippen LogP contribution in [0.2, 0.25) is 0 Å². The maximum atomic E-state index is 14.0. The van der Waals surface area contributed by atoms with E-state index in [-0.39, 0.29) is 23.9 Å². The smallest absolute Gasteiger partial charge is 0.263 e. The second kappa shape index (κ2) is 8.21. The molecular weight excluding hydrogens is 447 g/mol. The van der Waals surface area contributed by atoms with Crippen molar-refractivity contribution >= 4 is 17.5 Å². The third-order valence-electron chi connectivity index (χ3n) is 5.69. The number of carbonyl (C=O) groups is 2. The Morgan fingerprint density at radius 3 is 2.65 bits per heavy atom. The number of anilines is 1. The third kappa shape index (κ3) is 3.43. The summed E-state index contributed by atoms with van der Waals surface area (Å²) in [7, 11) is 3.06. The predicted molar refractivity (Wildman–Crippen MR) is 114 cm³/mol. The van der Waals surface area contributed by atoms with Gasteiger partial charge in [0.2, 0.25) is 11.7 Å². The number of carbonyl (C=O) groups excluding carboxylic acids is 2. The first-order chi connectivity index (χ1) is 16.4. The van der Waals surface area contributed by atoms with Crippen LogP contribution >= 0.6 is 0 Å². The molecule has 0 radical (unpaired) electrons. The molecule has 0 unspecified atom stereocenters. The molecule has 34 heavy (non-hydrogen) atoms. The van der Waals surface area contributed by atoms with Gasteiger partial charge in [-0.15, -0.1) is 0 Å². The molecular formula is C22H19FN6O5. The van der Waals surface area contributed by atoms with Crippen LogP contribution in [0.5, 0.6) is 11.5 Å². The van der Waals surface area contributed by atoms with Crippen LogP contribution in [0.1, 0.15) is 11.5 Å². The van der Waals surface area contributed by atoms with Gasteiger partial charge in [-0.05, 0) is 36.8 Å². The Bertz CT molecular complexity index is 1320. The summed E-state index contributed by atoms with van der Waals surface area (Å²) in [6.45, 7) is 1.54. The van der Waals surface area contributed by atoms with Crippen LogP contribution in [0.25, 0.3) is 11.4 Å². The number of hydrogen-bond donors (Lipinski definition) is 0. The number of rotatable bonds is 6. The van der Waals surface area contributed by atoms with E-state index in [0.717, 1.165) is 11.0 Å². The highest BCUT2D eigenvalue weighted by Crippen LogP contribution is 2.34. The van der Waals surface area contributed by atoms with Gasteiger partial charge in [-0.2, -0.15) is 10.1 Å². The Morgan fingerprint density at radius 2 is 1.91 bits per heavy atom. The number of hydrogen-bond acceptors (Lipinski definition) is 10. The van der Waals surface area contributed by atoms with E-state index in [1.807, 2.05) is 0 Å². The van der Waals surface area contributed by atoms with E-state index in [2.05, 4.69) is 20.5 Å². The number of fused-ring (bicyclic) bond motifs is 1. The summed E-state index contributed by atoms with van der Waals surface area (Å²) in [5.74, 6) is -0.111. The number of nitrogens with zero attached hydrogens (tertiary/aromatic N) is 6. The van der Waals surface area contributed by atoms with Crippen molar-refractivity contribution in [2.45, 2.75) is 25.6 Å². The molecule has 0 aliphatic carbocycles. The predicted octanol–water partition coefficient (Wildman–Crippen LogP) is 2.69. The lowest BCUT2D eigenvalue weighted by atomic mass is 10.1. The summed E-state index contributed by atoms with van der Waals surface area (Å²) < 4.78 is 29.9. The summed E-state index contributed by atoms with van der Waals surface area (Å²) in [5, 5.41) is 13.2. The lowest BCUT2D eigenvalue weighted by Gasteiger charge is -2.19. The topological polar surface area (TPSA) is 123 Å². The lowest BCUT2D eigenvalue weighted by Crippen LogP contribution is -2.39. The molecule has 174 valence electrons. The van der Waals surface area contributed by atoms with E-state index in [4.69, 9.17) is 14.0 Å². The van der Waals surface area contributed by atoms with Crippen molar-refractivity contribution in [1.82, 2.24) is 15.1 Å². The molecule has 2 atom stereocenters. The van der Waals surface area contributed by atoms with Gasteiger partial charge in [-0.25, -0.2) is 9.29 Å². The molecule has 0 N–H and O–H groups in total. The highest BCUT2D eigenvalue weighted by Gasteiger charge is 2.55. The number of imide groups is 1. The van der Waals surface area contributed by atoms with Crippen molar-refractivity contribution in [2.75, 3.05) is 19.1 Å². The van der Waals surface area contributed by atoms with Gasteiger partial charge in [-0.3, -0.25) is 14.6 Å². The molecule has 5 rings (SSSR count). The van der Waals surface area contributed by atoms with Crippen LogP contribution in [0.3, 0.4) is 0 Å². The molecule has 2 aliphatic rings. The maximum Gasteiger partial charge on any atom is 0.263 e. The largest absolute Gasteiger partial charge is 0.497 e. The van der Waals surface area contributed by atoms with Crippen LogP contribution in [-0.4, -0.2) is 53.3 Å². The highest BCUT2D eigenvalue weighted by molar-refractivity contribution is 6.25. The molecule has 0 bridgehead atoms. The third-order valence-corrected chi connectivity index (χ3v) is 5.69. The fourth-order valence-electron chi connectivity index (χ4n) is 3.88. The SMILES string of the molecule is COc1ccc(-c2noc(CN3N=N[C@@H]4C(=O)N(c5ccc(C)c(F)c5)C(=O)[C@@H]43)n2)c(OC)c1. The van der Waals surface area contributed by atoms with E-state index < -0.39 is 29.7 Å². The molecule has 3 aromatic rings. The number of halogens is 1. The van der Waals surface area contributed by atoms with Crippen LogP contribution in [0, 0.1) is 12.7 Å². The summed E-state index contributed by atoms with van der Waals surface area (Å²) in [5.41, 5.74) is 1.14. The molecule has 1 saturated heterocycles. The molecule has 11 nitrogen and oxygen atoms in total. The quantitative estimate of drug-likeness (QED) is 0.508. The molecule has 1 aromatic heterocycles. The van der Waals surface area contributed by atoms with Crippen molar-refractivity contribution in [3.8, 4) is 22.9 Å². The Kier molecular flexibility index (Phi) is 5.19. The van der Waals surface area contributed by atoms with Crippen LogP contribution in [-0.2, 0) is 16.1 Å². The van der Waals surface area contributed by atoms with E-state index in [1.165, 1.54) is 24.3 Å². The van der Waals surface area contributed by atoms with E-state index in [0.29, 0.717) is 22.6 Å². The zero-order chi connectivity index (χ0) is 24.0. The zero-order valence-electron chi connectivity index (χ0n) is 18.4. The summed E-state index contributed by atoms with van der Waals surface area (Å²) in [6, 6.07) is 7.32. The first-order valence-electron chi connectivity index (χ1n) is 10.3. The normalized spacial score (nSPS) is 19.2. The summed E-state index contributed by atoms with van der Waals surface area (Å²) >= 11 is 0. The number of amides is 2. The van der Waals surface area contributed by atoms with Crippen LogP contribution < -0.4 is 14.4 Å². The molecule has 2 aromatic carbocycles. The van der Waals surface area contributed by atoms with Crippen LogP contribution in [0.4, 0.5) is 10.1 Å². The van der Waals surface area contributed by atoms with Gasteiger partial charge in [0.15, 0.2) is 12.1 Å². The van der Waals surface area contributed by atoms with Gasteiger partial charge >= 0.3 is 0 Å². The highest BCUT2D eigenvalue weighted by atomic mass is 19.1. The van der Waals surface area contributed by atoms with Crippen molar-refractivity contribution in [3.05, 3.63) is 53.7 Å². The van der Waals surface area contributed by atoms with Gasteiger partial charge in [0.05, 0.1) is 25.5 Å². The number of aromatic nitrogens is 2. The number of aryl methyl sites for hydroxylation is 1. The Morgan fingerprint density at radius 1 is 1.09 bits per heavy atom. The molecule has 2 aliphatic heterocycles. The Labute approximate surface area is 192 Å². The number of ether oxygens (including phenoxy) is 2. The Balaban J connectivity index is 1.37. The number of methoxy groups -OCH3 is 2. The van der Waals surface area contributed by atoms with Crippen molar-refractivity contribution < 1.29 is 28.0 Å². The van der Waals surface area contributed by atoms with E-state index >= 15 is 0 Å². The summed E-state index contributed by atoms with van der Waals surface area (Å²) in [6.07, 6.45) is 0. The molecule has 12 heteroatoms. The van der Waals surface area contributed by atoms with Crippen molar-refractivity contribution in [1.29, 1.82) is 0 Å². The first-order valence-corrected chi connectivity index (χ1v) is 10.3. The second-order valence-corrected chi connectivity index (χ2v) is 7.72.